The number of sulfonamides is 1. The van der Waals surface area contributed by atoms with Gasteiger partial charge >= 0.3 is 16.2 Å². The fraction of sp³-hybridized carbons (Fsp3) is 0.417. The number of rotatable bonds is 11. The molecule has 0 saturated carbocycles. The normalized spacial score (nSPS) is 14.6. The summed E-state index contributed by atoms with van der Waals surface area (Å²) in [6, 6.07) is 9.42. The smallest absolute Gasteiger partial charge is 0.409 e. The number of nitrogens with two attached hydrogens (primary N) is 1. The lowest BCUT2D eigenvalue weighted by atomic mass is 10.2. The van der Waals surface area contributed by atoms with Crippen molar-refractivity contribution in [3.63, 3.8) is 0 Å². The van der Waals surface area contributed by atoms with Crippen molar-refractivity contribution in [3.8, 4) is 11.5 Å². The molecule has 1 heterocycles. The van der Waals surface area contributed by atoms with E-state index in [-0.39, 0.29) is 62.7 Å². The quantitative estimate of drug-likeness (QED) is 0.121. The summed E-state index contributed by atoms with van der Waals surface area (Å²) in [5.41, 5.74) is 8.62. The van der Waals surface area contributed by atoms with Gasteiger partial charge in [0.05, 0.1) is 13.2 Å². The first-order valence-electron chi connectivity index (χ1n) is 12.4. The van der Waals surface area contributed by atoms with E-state index in [1.165, 1.54) is 35.2 Å². The van der Waals surface area contributed by atoms with E-state index in [9.17, 15) is 21.6 Å². The third-order valence-electron chi connectivity index (χ3n) is 5.46. The molecule has 2 aromatic rings. The first kappa shape index (κ1) is 33.9. The number of aryl methyl sites for hydroxylation is 1. The molecule has 228 valence electrons. The fourth-order valence-electron chi connectivity index (χ4n) is 3.67. The molecule has 1 amide bonds. The summed E-state index contributed by atoms with van der Waals surface area (Å²) >= 11 is 0. The Morgan fingerprint density at radius 3 is 2.27 bits per heavy atom. The van der Waals surface area contributed by atoms with Gasteiger partial charge in [-0.2, -0.15) is 12.7 Å². The Hall–Kier alpha value is -3.31. The van der Waals surface area contributed by atoms with Crippen LogP contribution in [0, 0.1) is 6.92 Å². The van der Waals surface area contributed by atoms with E-state index in [0.29, 0.717) is 12.2 Å². The van der Waals surface area contributed by atoms with Crippen LogP contribution in [0.15, 0.2) is 57.4 Å². The van der Waals surface area contributed by atoms with E-state index in [4.69, 9.17) is 24.3 Å². The predicted molar refractivity (Wildman–Crippen MR) is 152 cm³/mol. The molecule has 0 aliphatic carbocycles. The number of benzene rings is 2. The van der Waals surface area contributed by atoms with Gasteiger partial charge in [-0.05, 0) is 55.3 Å². The second kappa shape index (κ2) is 15.1. The van der Waals surface area contributed by atoms with Crippen molar-refractivity contribution in [1.29, 1.82) is 0 Å². The van der Waals surface area contributed by atoms with Crippen molar-refractivity contribution in [2.45, 2.75) is 37.0 Å². The van der Waals surface area contributed by atoms with Gasteiger partial charge in [-0.25, -0.2) is 18.7 Å². The van der Waals surface area contributed by atoms with Crippen LogP contribution in [-0.2, 0) is 29.7 Å². The number of carbonyl (C=O) groups excluding carboxylic acids is 1. The van der Waals surface area contributed by atoms with Gasteiger partial charge in [-0.1, -0.05) is 19.1 Å². The lowest BCUT2D eigenvalue weighted by Gasteiger charge is -2.33. The Bertz CT molecular complexity index is 1430. The lowest BCUT2D eigenvalue weighted by molar-refractivity contribution is 0.0824. The molecule has 0 spiro atoms. The first-order chi connectivity index (χ1) is 19.0. The van der Waals surface area contributed by atoms with Crippen molar-refractivity contribution in [2.24, 2.45) is 10.9 Å². The summed E-state index contributed by atoms with van der Waals surface area (Å²) in [6.07, 6.45) is 0.219. The second-order valence-corrected chi connectivity index (χ2v) is 12.0. The Balaban J connectivity index is 0.00000588. The minimum atomic E-state index is -4.62. The Morgan fingerprint density at radius 1 is 1.00 bits per heavy atom. The predicted octanol–water partition coefficient (Wildman–Crippen LogP) is 2.19. The summed E-state index contributed by atoms with van der Waals surface area (Å²) in [5, 5.41) is 3.66. The third kappa shape index (κ3) is 9.09. The van der Waals surface area contributed by atoms with Crippen LogP contribution in [0.4, 0.5) is 4.79 Å². The van der Waals surface area contributed by atoms with Crippen LogP contribution in [0.2, 0.25) is 0 Å². The molecular formula is C24H34ClN5O9S2. The molecule has 3 rings (SSSR count). The monoisotopic (exact) mass is 635 g/mol. The van der Waals surface area contributed by atoms with Crippen LogP contribution in [-0.4, -0.2) is 77.5 Å². The summed E-state index contributed by atoms with van der Waals surface area (Å²) in [6.45, 7) is 6.00. The number of nitrogens with one attached hydrogen (secondary N) is 1. The van der Waals surface area contributed by atoms with E-state index in [1.54, 1.807) is 19.9 Å². The number of guanidine groups is 1. The van der Waals surface area contributed by atoms with Gasteiger partial charge in [0.15, 0.2) is 5.75 Å². The number of hydrogen-bond acceptors (Lipinski definition) is 10. The summed E-state index contributed by atoms with van der Waals surface area (Å²) in [7, 11) is -8.87. The van der Waals surface area contributed by atoms with E-state index >= 15 is 0 Å². The number of carbonyl (C=O) groups is 1. The van der Waals surface area contributed by atoms with Crippen molar-refractivity contribution in [2.75, 3.05) is 39.4 Å². The summed E-state index contributed by atoms with van der Waals surface area (Å²) in [4.78, 5) is 22.7. The molecule has 1 aliphatic heterocycles. The molecule has 0 unspecified atom stereocenters. The maximum atomic E-state index is 13.5. The lowest BCUT2D eigenvalue weighted by Crippen LogP contribution is -2.50. The summed E-state index contributed by atoms with van der Waals surface area (Å²) < 4.78 is 65.0. The number of ether oxygens (including phenoxy) is 1. The van der Waals surface area contributed by atoms with Crippen molar-refractivity contribution < 1.29 is 40.2 Å². The van der Waals surface area contributed by atoms with Crippen molar-refractivity contribution in [1.82, 2.24) is 14.7 Å². The van der Waals surface area contributed by atoms with Crippen LogP contribution in [0.3, 0.4) is 0 Å². The van der Waals surface area contributed by atoms with Crippen molar-refractivity contribution >= 4 is 44.6 Å². The molecule has 0 aromatic heterocycles. The van der Waals surface area contributed by atoms with E-state index < -0.39 is 36.0 Å². The van der Waals surface area contributed by atoms with Crippen LogP contribution in [0.25, 0.3) is 0 Å². The van der Waals surface area contributed by atoms with Gasteiger partial charge in [0, 0.05) is 32.2 Å². The van der Waals surface area contributed by atoms with Crippen molar-refractivity contribution in [3.05, 3.63) is 48.0 Å². The van der Waals surface area contributed by atoms with E-state index in [1.807, 2.05) is 6.92 Å². The zero-order chi connectivity index (χ0) is 29.3. The number of nitrogens with zero attached hydrogens (tertiary/aromatic N) is 3. The van der Waals surface area contributed by atoms with Gasteiger partial charge in [0.25, 0.3) is 5.96 Å². The molecule has 1 fully saturated rings. The zero-order valence-corrected chi connectivity index (χ0v) is 25.3. The van der Waals surface area contributed by atoms with Crippen LogP contribution < -0.4 is 20.2 Å². The van der Waals surface area contributed by atoms with Crippen LogP contribution >= 0.6 is 12.4 Å². The molecule has 0 atom stereocenters. The highest BCUT2D eigenvalue weighted by Crippen LogP contribution is 2.30. The van der Waals surface area contributed by atoms with Crippen LogP contribution in [0.1, 0.15) is 25.8 Å². The molecule has 1 saturated heterocycles. The molecule has 3 N–H and O–H groups in total. The topological polar surface area (TPSA) is 179 Å². The molecule has 14 nitrogen and oxygen atoms in total. The molecule has 0 radical (unpaired) electrons. The molecular weight excluding hydrogens is 602 g/mol. The number of hydroxylamine groups is 1. The number of hydrogen-bond donors (Lipinski definition) is 2. The molecule has 2 aromatic carbocycles. The van der Waals surface area contributed by atoms with Crippen LogP contribution in [0.5, 0.6) is 11.5 Å². The largest absolute Gasteiger partial charge is 0.450 e. The van der Waals surface area contributed by atoms with Gasteiger partial charge in [0.1, 0.15) is 15.5 Å². The SMILES string of the molecule is CCCONC(N)=NOc1cc(C)cc(OS(=O)(=O)c2ccccc2S(=O)(=O)N2CCN(C(=O)OCC)CC2)c1.Cl. The standard InChI is InChI=1S/C24H33N5O9S2.ClH/c1-4-14-36-26-23(25)27-37-19-15-18(3)16-20(17-19)38-40(33,34)22-9-7-6-8-21(22)39(31,32)29-12-10-28(11-13-29)24(30)35-5-2;/h6-9,15-17H,4-5,10-14H2,1-3H3,(H3,25,26,27);1H. The first-order valence-corrected chi connectivity index (χ1v) is 15.3. The molecule has 1 aliphatic rings. The highest BCUT2D eigenvalue weighted by atomic mass is 35.5. The Morgan fingerprint density at radius 2 is 1.63 bits per heavy atom. The zero-order valence-electron chi connectivity index (χ0n) is 22.8. The Labute approximate surface area is 245 Å². The maximum Gasteiger partial charge on any atom is 0.409 e. The van der Waals surface area contributed by atoms with Gasteiger partial charge in [-0.15, -0.1) is 12.4 Å². The number of oxime groups is 1. The average molecular weight is 636 g/mol. The van der Waals surface area contributed by atoms with Gasteiger partial charge in [-0.3, -0.25) is 4.84 Å². The molecule has 0 bridgehead atoms. The van der Waals surface area contributed by atoms with Gasteiger partial charge in [0.2, 0.25) is 10.0 Å². The molecule has 17 heteroatoms. The highest BCUT2D eigenvalue weighted by molar-refractivity contribution is 7.91. The number of halogens is 1. The number of piperazine rings is 1. The maximum absolute atomic E-state index is 13.5. The minimum absolute atomic E-state index is 0. The average Bonchev–Trinajstić information content (AvgIpc) is 2.92. The number of amides is 1. The third-order valence-corrected chi connectivity index (χ3v) is 8.86. The Kier molecular flexibility index (Phi) is 12.5. The summed E-state index contributed by atoms with van der Waals surface area (Å²) in [5.74, 6) is -0.174. The van der Waals surface area contributed by atoms with E-state index in [0.717, 1.165) is 16.8 Å². The fourth-order valence-corrected chi connectivity index (χ4v) is 6.78. The van der Waals surface area contributed by atoms with E-state index in [2.05, 4.69) is 10.6 Å². The van der Waals surface area contributed by atoms with Gasteiger partial charge < -0.3 is 24.4 Å². The minimum Gasteiger partial charge on any atom is -0.450 e. The highest BCUT2D eigenvalue weighted by Gasteiger charge is 2.35. The molecule has 41 heavy (non-hydrogen) atoms. The second-order valence-electron chi connectivity index (χ2n) is 8.57.